The Bertz CT molecular complexity index is 700. The van der Waals surface area contributed by atoms with E-state index in [1.54, 1.807) is 13.0 Å². The molecular weight excluding hydrogens is 271 g/mol. The highest BCUT2D eigenvalue weighted by molar-refractivity contribution is 7.71. The van der Waals surface area contributed by atoms with E-state index >= 15 is 0 Å². The van der Waals surface area contributed by atoms with Crippen molar-refractivity contribution in [1.29, 1.82) is 0 Å². The summed E-state index contributed by atoms with van der Waals surface area (Å²) in [5, 5.41) is 0. The molecule has 1 heterocycles. The molecule has 1 saturated carbocycles. The van der Waals surface area contributed by atoms with Crippen molar-refractivity contribution in [3.05, 3.63) is 28.3 Å². The van der Waals surface area contributed by atoms with Crippen molar-refractivity contribution in [2.24, 2.45) is 11.8 Å². The van der Waals surface area contributed by atoms with E-state index in [9.17, 15) is 4.39 Å². The summed E-state index contributed by atoms with van der Waals surface area (Å²) in [4.78, 5) is 3.16. The summed E-state index contributed by atoms with van der Waals surface area (Å²) < 4.78 is 16.6. The molecule has 2 aromatic rings. The van der Waals surface area contributed by atoms with Crippen LogP contribution in [0, 0.1) is 29.3 Å². The SMILES string of the molecule is Cc1cc2c(cc1F)[nH]c(=S)n2C1CCC(C)C(C)C1. The average molecular weight is 292 g/mol. The molecular formula is C16H21FN2S. The highest BCUT2D eigenvalue weighted by atomic mass is 32.1. The molecule has 108 valence electrons. The van der Waals surface area contributed by atoms with Crippen molar-refractivity contribution in [1.82, 2.24) is 9.55 Å². The molecule has 3 unspecified atom stereocenters. The zero-order valence-electron chi connectivity index (χ0n) is 12.2. The van der Waals surface area contributed by atoms with Crippen LogP contribution in [-0.2, 0) is 0 Å². The molecule has 0 radical (unpaired) electrons. The Morgan fingerprint density at radius 3 is 2.70 bits per heavy atom. The number of nitrogens with one attached hydrogen (secondary N) is 1. The standard InChI is InChI=1S/C16H21FN2S/c1-9-4-5-12(6-10(9)2)19-15-7-11(3)13(17)8-14(15)18-16(19)20/h7-10,12H,4-6H2,1-3H3,(H,18,20). The van der Waals surface area contributed by atoms with E-state index in [2.05, 4.69) is 23.4 Å². The second-order valence-electron chi connectivity index (χ2n) is 6.34. The minimum Gasteiger partial charge on any atom is -0.330 e. The summed E-state index contributed by atoms with van der Waals surface area (Å²) in [6.07, 6.45) is 3.54. The number of rotatable bonds is 1. The summed E-state index contributed by atoms with van der Waals surface area (Å²) in [5.41, 5.74) is 2.53. The molecule has 3 rings (SSSR count). The Balaban J connectivity index is 2.09. The van der Waals surface area contributed by atoms with Gasteiger partial charge in [0.25, 0.3) is 0 Å². The van der Waals surface area contributed by atoms with E-state index in [0.717, 1.165) is 34.6 Å². The maximum Gasteiger partial charge on any atom is 0.178 e. The minimum atomic E-state index is -0.175. The predicted molar refractivity (Wildman–Crippen MR) is 83.0 cm³/mol. The van der Waals surface area contributed by atoms with Gasteiger partial charge in [-0.3, -0.25) is 0 Å². The van der Waals surface area contributed by atoms with Crippen LogP contribution in [0.15, 0.2) is 12.1 Å². The zero-order chi connectivity index (χ0) is 14.4. The summed E-state index contributed by atoms with van der Waals surface area (Å²) in [6, 6.07) is 3.92. The Morgan fingerprint density at radius 1 is 1.25 bits per heavy atom. The lowest BCUT2D eigenvalue weighted by Gasteiger charge is -2.33. The minimum absolute atomic E-state index is 0.175. The molecule has 20 heavy (non-hydrogen) atoms. The van der Waals surface area contributed by atoms with Crippen LogP contribution in [0.4, 0.5) is 4.39 Å². The molecule has 1 fully saturated rings. The second kappa shape index (κ2) is 4.99. The number of imidazole rings is 1. The first-order valence-corrected chi connectivity index (χ1v) is 7.78. The maximum absolute atomic E-state index is 13.7. The summed E-state index contributed by atoms with van der Waals surface area (Å²) >= 11 is 5.47. The van der Waals surface area contributed by atoms with Crippen LogP contribution in [0.3, 0.4) is 0 Å². The number of hydrogen-bond acceptors (Lipinski definition) is 1. The number of aromatic amines is 1. The third-order valence-electron chi connectivity index (χ3n) is 4.93. The Hall–Kier alpha value is -1.16. The molecule has 4 heteroatoms. The maximum atomic E-state index is 13.7. The van der Waals surface area contributed by atoms with Gasteiger partial charge in [-0.2, -0.15) is 0 Å². The Labute approximate surface area is 124 Å². The average Bonchev–Trinajstić information content (AvgIpc) is 2.69. The van der Waals surface area contributed by atoms with Crippen molar-refractivity contribution in [3.63, 3.8) is 0 Å². The lowest BCUT2D eigenvalue weighted by atomic mass is 9.79. The van der Waals surface area contributed by atoms with Crippen LogP contribution in [-0.4, -0.2) is 9.55 Å². The zero-order valence-corrected chi connectivity index (χ0v) is 13.1. The van der Waals surface area contributed by atoms with Gasteiger partial charge in [-0.05, 0) is 67.9 Å². The van der Waals surface area contributed by atoms with E-state index < -0.39 is 0 Å². The molecule has 3 atom stereocenters. The van der Waals surface area contributed by atoms with Crippen molar-refractivity contribution < 1.29 is 4.39 Å². The van der Waals surface area contributed by atoms with E-state index in [0.29, 0.717) is 17.5 Å². The van der Waals surface area contributed by atoms with Crippen molar-refractivity contribution in [3.8, 4) is 0 Å². The van der Waals surface area contributed by atoms with Gasteiger partial charge in [0.2, 0.25) is 0 Å². The van der Waals surface area contributed by atoms with Gasteiger partial charge in [-0.1, -0.05) is 13.8 Å². The lowest BCUT2D eigenvalue weighted by Crippen LogP contribution is -2.23. The number of benzene rings is 1. The highest BCUT2D eigenvalue weighted by Crippen LogP contribution is 2.38. The van der Waals surface area contributed by atoms with Crippen LogP contribution >= 0.6 is 12.2 Å². The van der Waals surface area contributed by atoms with Gasteiger partial charge in [0, 0.05) is 6.04 Å². The normalized spacial score (nSPS) is 27.1. The Kier molecular flexibility index (Phi) is 3.44. The third-order valence-corrected chi connectivity index (χ3v) is 5.23. The van der Waals surface area contributed by atoms with Gasteiger partial charge in [-0.25, -0.2) is 4.39 Å². The van der Waals surface area contributed by atoms with Gasteiger partial charge >= 0.3 is 0 Å². The fourth-order valence-electron chi connectivity index (χ4n) is 3.37. The molecule has 0 bridgehead atoms. The summed E-state index contributed by atoms with van der Waals surface area (Å²) in [6.45, 7) is 6.45. The first-order chi connectivity index (χ1) is 9.47. The third kappa shape index (κ3) is 2.20. The van der Waals surface area contributed by atoms with Crippen LogP contribution in [0.5, 0.6) is 0 Å². The first kappa shape index (κ1) is 13.8. The van der Waals surface area contributed by atoms with Gasteiger partial charge in [0.15, 0.2) is 4.77 Å². The van der Waals surface area contributed by atoms with Crippen LogP contribution in [0.2, 0.25) is 0 Å². The number of hydrogen-bond donors (Lipinski definition) is 1. The quantitative estimate of drug-likeness (QED) is 0.721. The van der Waals surface area contributed by atoms with Gasteiger partial charge in [0.05, 0.1) is 11.0 Å². The lowest BCUT2D eigenvalue weighted by molar-refractivity contribution is 0.212. The number of H-pyrrole nitrogens is 1. The van der Waals surface area contributed by atoms with E-state index in [4.69, 9.17) is 12.2 Å². The molecule has 2 nitrogen and oxygen atoms in total. The molecule has 0 amide bonds. The number of halogens is 1. The molecule has 0 aliphatic heterocycles. The van der Waals surface area contributed by atoms with Gasteiger partial charge < -0.3 is 9.55 Å². The van der Waals surface area contributed by atoms with E-state index in [-0.39, 0.29) is 5.82 Å². The van der Waals surface area contributed by atoms with Crippen LogP contribution in [0.1, 0.15) is 44.7 Å². The van der Waals surface area contributed by atoms with Crippen molar-refractivity contribution in [2.75, 3.05) is 0 Å². The summed E-state index contributed by atoms with van der Waals surface area (Å²) in [5.74, 6) is 1.32. The monoisotopic (exact) mass is 292 g/mol. The van der Waals surface area contributed by atoms with E-state index in [1.165, 1.54) is 6.42 Å². The van der Waals surface area contributed by atoms with Crippen LogP contribution in [0.25, 0.3) is 11.0 Å². The molecule has 0 spiro atoms. The predicted octanol–water partition coefficient (Wildman–Crippen LogP) is 5.14. The topological polar surface area (TPSA) is 20.7 Å². The fraction of sp³-hybridized carbons (Fsp3) is 0.562. The Morgan fingerprint density at radius 2 is 2.00 bits per heavy atom. The molecule has 1 aliphatic rings. The number of nitrogens with zero attached hydrogens (tertiary/aromatic N) is 1. The molecule has 1 N–H and O–H groups in total. The van der Waals surface area contributed by atoms with Crippen molar-refractivity contribution in [2.45, 2.75) is 46.1 Å². The molecule has 1 aromatic heterocycles. The smallest absolute Gasteiger partial charge is 0.178 e. The van der Waals surface area contributed by atoms with Crippen molar-refractivity contribution >= 4 is 23.3 Å². The molecule has 0 saturated heterocycles. The van der Waals surface area contributed by atoms with Crippen LogP contribution < -0.4 is 0 Å². The molecule has 1 aliphatic carbocycles. The number of fused-ring (bicyclic) bond motifs is 1. The van der Waals surface area contributed by atoms with E-state index in [1.807, 2.05) is 6.07 Å². The number of aryl methyl sites for hydroxylation is 1. The number of aromatic nitrogens is 2. The highest BCUT2D eigenvalue weighted by Gasteiger charge is 2.27. The first-order valence-electron chi connectivity index (χ1n) is 7.37. The van der Waals surface area contributed by atoms with Gasteiger partial charge in [0.1, 0.15) is 5.82 Å². The molecule has 1 aromatic carbocycles. The largest absolute Gasteiger partial charge is 0.330 e. The second-order valence-corrected chi connectivity index (χ2v) is 6.73. The summed E-state index contributed by atoms with van der Waals surface area (Å²) in [7, 11) is 0. The van der Waals surface area contributed by atoms with Gasteiger partial charge in [-0.15, -0.1) is 0 Å². The fourth-order valence-corrected chi connectivity index (χ4v) is 3.72.